The zero-order valence-corrected chi connectivity index (χ0v) is 18.3. The number of nitrogens with zero attached hydrogens (tertiary/aromatic N) is 1. The fraction of sp³-hybridized carbons (Fsp3) is 0.333. The van der Waals surface area contributed by atoms with Crippen LogP contribution in [0.15, 0.2) is 58.3 Å². The minimum atomic E-state index is -3.65. The lowest BCUT2D eigenvalue weighted by Crippen LogP contribution is -2.35. The van der Waals surface area contributed by atoms with Gasteiger partial charge in [0.05, 0.1) is 10.5 Å². The van der Waals surface area contributed by atoms with Gasteiger partial charge in [-0.15, -0.1) is 11.8 Å². The number of sulfonamides is 1. The second-order valence-electron chi connectivity index (χ2n) is 6.85. The molecule has 0 aromatic heterocycles. The van der Waals surface area contributed by atoms with Crippen LogP contribution in [0.25, 0.3) is 0 Å². The molecule has 1 saturated heterocycles. The van der Waals surface area contributed by atoms with Gasteiger partial charge in [-0.25, -0.2) is 13.2 Å². The van der Waals surface area contributed by atoms with Crippen molar-refractivity contribution in [1.29, 1.82) is 0 Å². The van der Waals surface area contributed by atoms with Crippen LogP contribution < -0.4 is 5.32 Å². The van der Waals surface area contributed by atoms with Crippen LogP contribution in [0.4, 0.5) is 5.69 Å². The summed E-state index contributed by atoms with van der Waals surface area (Å²) in [5.74, 6) is -1.23. The van der Waals surface area contributed by atoms with Crippen molar-refractivity contribution in [2.24, 2.45) is 0 Å². The Labute approximate surface area is 180 Å². The number of esters is 1. The molecule has 1 aliphatic rings. The molecule has 30 heavy (non-hydrogen) atoms. The number of piperidine rings is 1. The van der Waals surface area contributed by atoms with Crippen LogP contribution >= 0.6 is 11.8 Å². The number of hydrogen-bond donors (Lipinski definition) is 1. The van der Waals surface area contributed by atoms with E-state index >= 15 is 0 Å². The Morgan fingerprint density at radius 1 is 1.07 bits per heavy atom. The molecule has 0 atom stereocenters. The van der Waals surface area contributed by atoms with Gasteiger partial charge in [-0.2, -0.15) is 4.31 Å². The maximum absolute atomic E-state index is 12.8. The van der Waals surface area contributed by atoms with Gasteiger partial charge in [0.15, 0.2) is 6.61 Å². The van der Waals surface area contributed by atoms with Gasteiger partial charge in [-0.3, -0.25) is 4.79 Å². The number of hydrogen-bond acceptors (Lipinski definition) is 6. The zero-order valence-electron chi connectivity index (χ0n) is 16.7. The van der Waals surface area contributed by atoms with Crippen molar-refractivity contribution in [2.45, 2.75) is 29.1 Å². The molecule has 9 heteroatoms. The molecule has 7 nitrogen and oxygen atoms in total. The van der Waals surface area contributed by atoms with Crippen LogP contribution in [0.1, 0.15) is 29.6 Å². The summed E-state index contributed by atoms with van der Waals surface area (Å²) in [6.45, 7) is 0.496. The van der Waals surface area contributed by atoms with E-state index in [9.17, 15) is 18.0 Å². The van der Waals surface area contributed by atoms with Crippen molar-refractivity contribution in [3.63, 3.8) is 0 Å². The van der Waals surface area contributed by atoms with Gasteiger partial charge in [-0.1, -0.05) is 12.5 Å². The molecule has 2 aromatic carbocycles. The van der Waals surface area contributed by atoms with Crippen LogP contribution in [-0.4, -0.2) is 50.6 Å². The van der Waals surface area contributed by atoms with E-state index in [1.807, 2.05) is 18.4 Å². The molecule has 0 radical (unpaired) electrons. The monoisotopic (exact) mass is 448 g/mol. The Balaban J connectivity index is 1.60. The van der Waals surface area contributed by atoms with Crippen LogP contribution in [0.5, 0.6) is 0 Å². The average molecular weight is 449 g/mol. The summed E-state index contributed by atoms with van der Waals surface area (Å²) >= 11 is 1.59. The number of thioether (sulfide) groups is 1. The molecule has 0 aliphatic carbocycles. The minimum Gasteiger partial charge on any atom is -0.452 e. The summed E-state index contributed by atoms with van der Waals surface area (Å²) in [5, 5.41) is 2.65. The fourth-order valence-electron chi connectivity index (χ4n) is 3.12. The molecule has 1 N–H and O–H groups in total. The topological polar surface area (TPSA) is 92.8 Å². The first-order valence-corrected chi connectivity index (χ1v) is 12.3. The Bertz CT molecular complexity index is 1000. The van der Waals surface area contributed by atoms with Gasteiger partial charge in [0, 0.05) is 23.7 Å². The standard InChI is InChI=1S/C21H24N2O5S2/c1-29-18-10-8-17(9-11-18)22-20(24)15-28-21(25)16-6-5-7-19(14-16)30(26,27)23-12-3-2-4-13-23/h5-11,14H,2-4,12-13,15H2,1H3,(H,22,24). The summed E-state index contributed by atoms with van der Waals surface area (Å²) < 4.78 is 32.1. The number of rotatable bonds is 7. The number of carbonyl (C=O) groups excluding carboxylic acids is 2. The molecular weight excluding hydrogens is 424 g/mol. The largest absolute Gasteiger partial charge is 0.452 e. The quantitative estimate of drug-likeness (QED) is 0.516. The van der Waals surface area contributed by atoms with Gasteiger partial charge < -0.3 is 10.1 Å². The van der Waals surface area contributed by atoms with Crippen molar-refractivity contribution in [1.82, 2.24) is 4.31 Å². The predicted octanol–water partition coefficient (Wildman–Crippen LogP) is 3.38. The van der Waals surface area contributed by atoms with Crippen LogP contribution in [0.2, 0.25) is 0 Å². The fourth-order valence-corrected chi connectivity index (χ4v) is 5.10. The Hall–Kier alpha value is -2.36. The number of nitrogens with one attached hydrogen (secondary N) is 1. The number of anilines is 1. The first-order chi connectivity index (χ1) is 14.4. The van der Waals surface area contributed by atoms with Gasteiger partial charge >= 0.3 is 5.97 Å². The molecule has 1 heterocycles. The summed E-state index contributed by atoms with van der Waals surface area (Å²) in [5.41, 5.74) is 0.689. The zero-order chi connectivity index (χ0) is 21.6. The van der Waals surface area contributed by atoms with Crippen LogP contribution in [-0.2, 0) is 19.6 Å². The van der Waals surface area contributed by atoms with Crippen molar-refractivity contribution >= 4 is 39.3 Å². The molecule has 0 bridgehead atoms. The van der Waals surface area contributed by atoms with E-state index < -0.39 is 28.5 Å². The molecule has 3 rings (SSSR count). The highest BCUT2D eigenvalue weighted by Crippen LogP contribution is 2.22. The third-order valence-electron chi connectivity index (χ3n) is 4.73. The molecule has 0 unspecified atom stereocenters. The van der Waals surface area contributed by atoms with E-state index in [1.54, 1.807) is 23.9 Å². The smallest absolute Gasteiger partial charge is 0.338 e. The average Bonchev–Trinajstić information content (AvgIpc) is 2.78. The van der Waals surface area contributed by atoms with Gasteiger partial charge in [-0.05, 0) is 61.6 Å². The molecule has 1 amide bonds. The molecule has 160 valence electrons. The maximum atomic E-state index is 12.8. The summed E-state index contributed by atoms with van der Waals surface area (Å²) in [6.07, 6.45) is 4.63. The van der Waals surface area contributed by atoms with Crippen LogP contribution in [0, 0.1) is 0 Å². The van der Waals surface area contributed by atoms with E-state index in [4.69, 9.17) is 4.74 Å². The lowest BCUT2D eigenvalue weighted by atomic mass is 10.2. The minimum absolute atomic E-state index is 0.0529. The van der Waals surface area contributed by atoms with Gasteiger partial charge in [0.25, 0.3) is 5.91 Å². The summed E-state index contributed by atoms with van der Waals surface area (Å²) in [7, 11) is -3.65. The predicted molar refractivity (Wildman–Crippen MR) is 116 cm³/mol. The number of amides is 1. The van der Waals surface area contributed by atoms with E-state index in [2.05, 4.69) is 5.32 Å². The van der Waals surface area contributed by atoms with Crippen molar-refractivity contribution in [3.05, 3.63) is 54.1 Å². The first-order valence-electron chi connectivity index (χ1n) is 9.61. The Morgan fingerprint density at radius 2 is 1.77 bits per heavy atom. The van der Waals surface area contributed by atoms with Crippen LogP contribution in [0.3, 0.4) is 0 Å². The lowest BCUT2D eigenvalue weighted by molar-refractivity contribution is -0.119. The Kier molecular flexibility index (Phi) is 7.52. The maximum Gasteiger partial charge on any atom is 0.338 e. The second-order valence-corrected chi connectivity index (χ2v) is 9.66. The molecule has 0 spiro atoms. The highest BCUT2D eigenvalue weighted by atomic mass is 32.2. The number of benzene rings is 2. The third-order valence-corrected chi connectivity index (χ3v) is 7.37. The Morgan fingerprint density at radius 3 is 2.43 bits per heavy atom. The highest BCUT2D eigenvalue weighted by molar-refractivity contribution is 7.98. The number of ether oxygens (including phenoxy) is 1. The van der Waals surface area contributed by atoms with Crippen molar-refractivity contribution < 1.29 is 22.7 Å². The van der Waals surface area contributed by atoms with Gasteiger partial charge in [0.1, 0.15) is 0 Å². The molecule has 0 saturated carbocycles. The van der Waals surface area contributed by atoms with E-state index in [1.165, 1.54) is 28.6 Å². The van der Waals surface area contributed by atoms with E-state index in [-0.39, 0.29) is 10.5 Å². The molecule has 2 aromatic rings. The first kappa shape index (κ1) is 22.3. The lowest BCUT2D eigenvalue weighted by Gasteiger charge is -2.25. The second kappa shape index (κ2) is 10.1. The van der Waals surface area contributed by atoms with Crippen molar-refractivity contribution in [2.75, 3.05) is 31.3 Å². The highest BCUT2D eigenvalue weighted by Gasteiger charge is 2.26. The molecule has 1 fully saturated rings. The van der Waals surface area contributed by atoms with E-state index in [0.717, 1.165) is 24.2 Å². The SMILES string of the molecule is CSc1ccc(NC(=O)COC(=O)c2cccc(S(=O)(=O)N3CCCCC3)c2)cc1. The third kappa shape index (κ3) is 5.62. The van der Waals surface area contributed by atoms with Gasteiger partial charge in [0.2, 0.25) is 10.0 Å². The number of carbonyl (C=O) groups is 2. The normalized spacial score (nSPS) is 14.8. The van der Waals surface area contributed by atoms with Crippen molar-refractivity contribution in [3.8, 4) is 0 Å². The molecule has 1 aliphatic heterocycles. The summed E-state index contributed by atoms with van der Waals surface area (Å²) in [4.78, 5) is 25.5. The summed E-state index contributed by atoms with van der Waals surface area (Å²) in [6, 6.07) is 13.0. The molecular formula is C21H24N2O5S2. The van der Waals surface area contributed by atoms with E-state index in [0.29, 0.717) is 18.8 Å².